The summed E-state index contributed by atoms with van der Waals surface area (Å²) in [4.78, 5) is 9.27. The van der Waals surface area contributed by atoms with E-state index in [1.165, 1.54) is 9.77 Å². The highest BCUT2D eigenvalue weighted by Crippen LogP contribution is 2.15. The second-order valence-electron chi connectivity index (χ2n) is 4.89. The lowest BCUT2D eigenvalue weighted by atomic mass is 10.3. The molecule has 0 spiro atoms. The second kappa shape index (κ2) is 9.54. The second-order valence-corrected chi connectivity index (χ2v) is 7.09. The zero-order valence-corrected chi connectivity index (χ0v) is 14.8. The Labute approximate surface area is 141 Å². The molecule has 5 heteroatoms. The Morgan fingerprint density at radius 2 is 2.05 bits per heavy atom. The summed E-state index contributed by atoms with van der Waals surface area (Å²) in [7, 11) is 3.93. The Morgan fingerprint density at radius 1 is 1.23 bits per heavy atom. The highest BCUT2D eigenvalue weighted by Gasteiger charge is 2.05. The van der Waals surface area contributed by atoms with Crippen LogP contribution in [0.4, 0.5) is 0 Å². The first-order valence-electron chi connectivity index (χ1n) is 7.41. The average Bonchev–Trinajstić information content (AvgIpc) is 3.07. The summed E-state index contributed by atoms with van der Waals surface area (Å²) in [5, 5.41) is 5.56. The summed E-state index contributed by atoms with van der Waals surface area (Å²) < 4.78 is 0. The summed E-state index contributed by atoms with van der Waals surface area (Å²) in [6.07, 6.45) is 1.06. The minimum absolute atomic E-state index is 0.912. The maximum atomic E-state index is 4.36. The normalized spacial score (nSPS) is 11.5. The summed E-state index contributed by atoms with van der Waals surface area (Å²) in [5.41, 5.74) is 0. The fraction of sp³-hybridized carbons (Fsp3) is 0.353. The smallest absolute Gasteiger partial charge is 0.193 e. The van der Waals surface area contributed by atoms with Crippen LogP contribution in [0.1, 0.15) is 4.88 Å². The van der Waals surface area contributed by atoms with Crippen molar-refractivity contribution in [1.29, 1.82) is 0 Å². The predicted octanol–water partition coefficient (Wildman–Crippen LogP) is 3.59. The predicted molar refractivity (Wildman–Crippen MR) is 99.2 cm³/mol. The molecule has 118 valence electrons. The van der Waals surface area contributed by atoms with Crippen molar-refractivity contribution in [3.05, 3.63) is 52.7 Å². The van der Waals surface area contributed by atoms with Crippen LogP contribution in [-0.4, -0.2) is 43.8 Å². The van der Waals surface area contributed by atoms with Crippen LogP contribution < -0.4 is 5.32 Å². The molecule has 0 radical (unpaired) electrons. The molecule has 0 fully saturated rings. The van der Waals surface area contributed by atoms with E-state index in [4.69, 9.17) is 0 Å². The van der Waals surface area contributed by atoms with Crippen LogP contribution in [0.5, 0.6) is 0 Å². The Balaban J connectivity index is 1.68. The minimum atomic E-state index is 0.912. The SMILES string of the molecule is CN=C(NCCSc1ccccc1)N(C)CCc1cccs1. The highest BCUT2D eigenvalue weighted by molar-refractivity contribution is 7.99. The number of hydrogen-bond donors (Lipinski definition) is 1. The molecule has 0 saturated carbocycles. The van der Waals surface area contributed by atoms with Crippen LogP contribution in [0.25, 0.3) is 0 Å². The number of likely N-dealkylation sites (N-methyl/N-ethyl adjacent to an activating group) is 1. The van der Waals surface area contributed by atoms with Gasteiger partial charge in [-0.3, -0.25) is 4.99 Å². The Hall–Kier alpha value is -1.46. The molecule has 1 heterocycles. The van der Waals surface area contributed by atoms with E-state index in [0.29, 0.717) is 0 Å². The van der Waals surface area contributed by atoms with Gasteiger partial charge < -0.3 is 10.2 Å². The van der Waals surface area contributed by atoms with Crippen LogP contribution >= 0.6 is 23.1 Å². The zero-order chi connectivity index (χ0) is 15.6. The Kier molecular flexibility index (Phi) is 7.33. The molecule has 2 aromatic rings. The number of hydrogen-bond acceptors (Lipinski definition) is 3. The third kappa shape index (κ3) is 5.73. The van der Waals surface area contributed by atoms with E-state index in [1.807, 2.05) is 36.2 Å². The van der Waals surface area contributed by atoms with Gasteiger partial charge in [-0.05, 0) is 30.0 Å². The van der Waals surface area contributed by atoms with Gasteiger partial charge in [0.25, 0.3) is 0 Å². The molecule has 0 saturated heterocycles. The molecule has 1 aromatic heterocycles. The summed E-state index contributed by atoms with van der Waals surface area (Å²) in [5.74, 6) is 1.99. The van der Waals surface area contributed by atoms with Crippen LogP contribution in [0.3, 0.4) is 0 Å². The minimum Gasteiger partial charge on any atom is -0.355 e. The van der Waals surface area contributed by atoms with Gasteiger partial charge in [-0.1, -0.05) is 24.3 Å². The van der Waals surface area contributed by atoms with Crippen molar-refractivity contribution in [2.75, 3.05) is 32.9 Å². The molecule has 1 N–H and O–H groups in total. The standard InChI is InChI=1S/C17H23N3S2/c1-18-17(20(2)12-10-16-9-6-13-21-16)19-11-14-22-15-7-4-3-5-8-15/h3-9,13H,10-12,14H2,1-2H3,(H,18,19). The first kappa shape index (κ1) is 16.9. The zero-order valence-electron chi connectivity index (χ0n) is 13.2. The molecule has 3 nitrogen and oxygen atoms in total. The fourth-order valence-electron chi connectivity index (χ4n) is 2.07. The van der Waals surface area contributed by atoms with Crippen LogP contribution in [0.2, 0.25) is 0 Å². The van der Waals surface area contributed by atoms with Gasteiger partial charge in [0, 0.05) is 42.7 Å². The topological polar surface area (TPSA) is 27.6 Å². The van der Waals surface area contributed by atoms with Crippen molar-refractivity contribution >= 4 is 29.1 Å². The lowest BCUT2D eigenvalue weighted by Crippen LogP contribution is -2.40. The monoisotopic (exact) mass is 333 g/mol. The van der Waals surface area contributed by atoms with E-state index in [0.717, 1.165) is 31.2 Å². The number of benzene rings is 1. The van der Waals surface area contributed by atoms with Crippen molar-refractivity contribution in [3.63, 3.8) is 0 Å². The van der Waals surface area contributed by atoms with E-state index in [9.17, 15) is 0 Å². The molecule has 0 bridgehead atoms. The number of thioether (sulfide) groups is 1. The average molecular weight is 334 g/mol. The van der Waals surface area contributed by atoms with Gasteiger partial charge in [-0.15, -0.1) is 23.1 Å². The first-order chi connectivity index (χ1) is 10.8. The molecule has 0 atom stereocenters. The molecule has 0 amide bonds. The molecule has 0 aliphatic rings. The number of nitrogens with zero attached hydrogens (tertiary/aromatic N) is 2. The Morgan fingerprint density at radius 3 is 2.73 bits per heavy atom. The van der Waals surface area contributed by atoms with E-state index < -0.39 is 0 Å². The number of nitrogens with one attached hydrogen (secondary N) is 1. The van der Waals surface area contributed by atoms with Gasteiger partial charge in [0.05, 0.1) is 0 Å². The van der Waals surface area contributed by atoms with Crippen molar-refractivity contribution < 1.29 is 0 Å². The third-order valence-electron chi connectivity index (χ3n) is 3.24. The molecule has 0 aliphatic carbocycles. The van der Waals surface area contributed by atoms with Crippen LogP contribution in [0, 0.1) is 0 Å². The fourth-order valence-corrected chi connectivity index (χ4v) is 3.56. The van der Waals surface area contributed by atoms with Crippen molar-refractivity contribution in [3.8, 4) is 0 Å². The number of guanidine groups is 1. The summed E-state index contributed by atoms with van der Waals surface area (Å²) in [6.45, 7) is 1.89. The van der Waals surface area contributed by atoms with Gasteiger partial charge in [0.15, 0.2) is 5.96 Å². The van der Waals surface area contributed by atoms with Gasteiger partial charge in [-0.2, -0.15) is 0 Å². The Bertz CT molecular complexity index is 553. The quantitative estimate of drug-likeness (QED) is 0.363. The molecular formula is C17H23N3S2. The number of rotatable bonds is 7. The molecular weight excluding hydrogens is 310 g/mol. The largest absolute Gasteiger partial charge is 0.355 e. The van der Waals surface area contributed by atoms with E-state index in [1.54, 1.807) is 0 Å². The summed E-state index contributed by atoms with van der Waals surface area (Å²) in [6, 6.07) is 14.8. The van der Waals surface area contributed by atoms with Gasteiger partial charge in [-0.25, -0.2) is 0 Å². The molecule has 1 aromatic carbocycles. The van der Waals surface area contributed by atoms with Gasteiger partial charge in [0.2, 0.25) is 0 Å². The third-order valence-corrected chi connectivity index (χ3v) is 5.19. The van der Waals surface area contributed by atoms with E-state index >= 15 is 0 Å². The number of thiophene rings is 1. The number of aliphatic imine (C=N–C) groups is 1. The van der Waals surface area contributed by atoms with Crippen LogP contribution in [0.15, 0.2) is 57.7 Å². The first-order valence-corrected chi connectivity index (χ1v) is 9.28. The van der Waals surface area contributed by atoms with Gasteiger partial charge >= 0.3 is 0 Å². The maximum absolute atomic E-state index is 4.36. The van der Waals surface area contributed by atoms with Crippen molar-refractivity contribution in [1.82, 2.24) is 10.2 Å². The lowest BCUT2D eigenvalue weighted by molar-refractivity contribution is 0.489. The van der Waals surface area contributed by atoms with Crippen molar-refractivity contribution in [2.24, 2.45) is 4.99 Å². The van der Waals surface area contributed by atoms with E-state index in [2.05, 4.69) is 64.0 Å². The molecule has 0 aliphatic heterocycles. The van der Waals surface area contributed by atoms with Crippen LogP contribution in [-0.2, 0) is 6.42 Å². The molecule has 2 rings (SSSR count). The maximum Gasteiger partial charge on any atom is 0.193 e. The van der Waals surface area contributed by atoms with Gasteiger partial charge in [0.1, 0.15) is 0 Å². The highest BCUT2D eigenvalue weighted by atomic mass is 32.2. The molecule has 0 unspecified atom stereocenters. The summed E-state index contributed by atoms with van der Waals surface area (Å²) >= 11 is 3.67. The molecule has 22 heavy (non-hydrogen) atoms. The van der Waals surface area contributed by atoms with E-state index in [-0.39, 0.29) is 0 Å². The van der Waals surface area contributed by atoms with Crippen molar-refractivity contribution in [2.45, 2.75) is 11.3 Å². The lowest BCUT2D eigenvalue weighted by Gasteiger charge is -2.21.